The highest BCUT2D eigenvalue weighted by Gasteiger charge is 2.29. The maximum absolute atomic E-state index is 11.3. The molecule has 0 saturated carbocycles. The highest BCUT2D eigenvalue weighted by Crippen LogP contribution is 2.35. The third-order valence-corrected chi connectivity index (χ3v) is 3.79. The van der Waals surface area contributed by atoms with Gasteiger partial charge in [0, 0.05) is 17.6 Å². The molecular formula is C13H10ClN5O2. The van der Waals surface area contributed by atoms with Crippen LogP contribution in [-0.2, 0) is 6.42 Å². The molecule has 1 aromatic heterocycles. The predicted molar refractivity (Wildman–Crippen MR) is 76.1 cm³/mol. The Morgan fingerprint density at radius 2 is 2.24 bits per heavy atom. The number of hydrogen-bond acceptors (Lipinski definition) is 5. The molecule has 0 saturated heterocycles. The predicted octanol–water partition coefficient (Wildman–Crippen LogP) is 1.45. The maximum Gasteiger partial charge on any atom is 0.356 e. The Morgan fingerprint density at radius 1 is 1.38 bits per heavy atom. The molecule has 1 aromatic carbocycles. The average Bonchev–Trinajstić information content (AvgIpc) is 3.04. The van der Waals surface area contributed by atoms with E-state index in [1.165, 1.54) is 6.33 Å². The number of carboxylic acid groups (broad SMARTS) is 1. The SMILES string of the molecule is O=C(O)c1ncn2c1CC1=CNNN1c1cc(Cl)ccc1-2. The summed E-state index contributed by atoms with van der Waals surface area (Å²) in [5, 5.41) is 11.7. The Morgan fingerprint density at radius 3 is 3.05 bits per heavy atom. The van der Waals surface area contributed by atoms with Gasteiger partial charge in [0.2, 0.25) is 0 Å². The van der Waals surface area contributed by atoms with E-state index in [-0.39, 0.29) is 5.69 Å². The van der Waals surface area contributed by atoms with E-state index in [2.05, 4.69) is 15.9 Å². The molecule has 7 nitrogen and oxygen atoms in total. The van der Waals surface area contributed by atoms with Gasteiger partial charge in [-0.1, -0.05) is 11.6 Å². The Balaban J connectivity index is 2.02. The van der Waals surface area contributed by atoms with Gasteiger partial charge in [-0.15, -0.1) is 5.53 Å². The van der Waals surface area contributed by atoms with Gasteiger partial charge in [-0.05, 0) is 18.2 Å². The molecule has 0 amide bonds. The van der Waals surface area contributed by atoms with Crippen molar-refractivity contribution < 1.29 is 9.90 Å². The summed E-state index contributed by atoms with van der Waals surface area (Å²) < 4.78 is 1.79. The number of aromatic carboxylic acids is 1. The number of carboxylic acids is 1. The van der Waals surface area contributed by atoms with Crippen molar-refractivity contribution >= 4 is 23.3 Å². The van der Waals surface area contributed by atoms with Gasteiger partial charge in [-0.2, -0.15) is 0 Å². The molecule has 8 heteroatoms. The zero-order valence-corrected chi connectivity index (χ0v) is 11.4. The summed E-state index contributed by atoms with van der Waals surface area (Å²) >= 11 is 6.09. The van der Waals surface area contributed by atoms with Gasteiger partial charge in [-0.3, -0.25) is 9.58 Å². The Labute approximate surface area is 124 Å². The van der Waals surface area contributed by atoms with E-state index in [1.807, 2.05) is 17.1 Å². The monoisotopic (exact) mass is 303 g/mol. The molecule has 2 aliphatic rings. The summed E-state index contributed by atoms with van der Waals surface area (Å²) in [6.45, 7) is 0. The number of benzene rings is 1. The fraction of sp³-hybridized carbons (Fsp3) is 0.0769. The quantitative estimate of drug-likeness (QED) is 0.740. The number of carbonyl (C=O) groups is 1. The van der Waals surface area contributed by atoms with Gasteiger partial charge >= 0.3 is 5.97 Å². The molecule has 0 atom stereocenters. The molecule has 2 aliphatic heterocycles. The zero-order chi connectivity index (χ0) is 14.6. The first-order valence-electron chi connectivity index (χ1n) is 6.25. The number of fused-ring (bicyclic) bond motifs is 5. The van der Waals surface area contributed by atoms with Gasteiger partial charge in [0.15, 0.2) is 5.69 Å². The number of aromatic nitrogens is 2. The molecular weight excluding hydrogens is 294 g/mol. The first kappa shape index (κ1) is 12.2. The summed E-state index contributed by atoms with van der Waals surface area (Å²) in [5.74, 6) is -1.03. The second-order valence-electron chi connectivity index (χ2n) is 4.75. The van der Waals surface area contributed by atoms with Crippen LogP contribution in [0.15, 0.2) is 36.4 Å². The van der Waals surface area contributed by atoms with Crippen LogP contribution in [0.5, 0.6) is 0 Å². The molecule has 21 heavy (non-hydrogen) atoms. The lowest BCUT2D eigenvalue weighted by Gasteiger charge is -2.21. The average molecular weight is 304 g/mol. The first-order valence-corrected chi connectivity index (χ1v) is 6.63. The van der Waals surface area contributed by atoms with Crippen molar-refractivity contribution in [3.05, 3.63) is 52.8 Å². The van der Waals surface area contributed by atoms with Crippen molar-refractivity contribution in [3.63, 3.8) is 0 Å². The summed E-state index contributed by atoms with van der Waals surface area (Å²) in [6.07, 6.45) is 3.76. The molecule has 0 radical (unpaired) electrons. The molecule has 106 valence electrons. The summed E-state index contributed by atoms with van der Waals surface area (Å²) in [7, 11) is 0. The molecule has 0 bridgehead atoms. The largest absolute Gasteiger partial charge is 0.476 e. The summed E-state index contributed by atoms with van der Waals surface area (Å²) in [6, 6.07) is 5.43. The number of halogens is 1. The van der Waals surface area contributed by atoms with Crippen molar-refractivity contribution in [2.45, 2.75) is 6.42 Å². The lowest BCUT2D eigenvalue weighted by atomic mass is 10.2. The molecule has 0 spiro atoms. The van der Waals surface area contributed by atoms with Crippen LogP contribution in [0.1, 0.15) is 16.2 Å². The smallest absolute Gasteiger partial charge is 0.356 e. The number of rotatable bonds is 1. The number of hydrogen-bond donors (Lipinski definition) is 3. The van der Waals surface area contributed by atoms with Crippen molar-refractivity contribution in [3.8, 4) is 5.69 Å². The van der Waals surface area contributed by atoms with Crippen molar-refractivity contribution in [2.24, 2.45) is 0 Å². The van der Waals surface area contributed by atoms with E-state index in [0.29, 0.717) is 17.1 Å². The van der Waals surface area contributed by atoms with E-state index in [1.54, 1.807) is 16.8 Å². The normalized spacial score (nSPS) is 15.5. The second-order valence-corrected chi connectivity index (χ2v) is 5.19. The van der Waals surface area contributed by atoms with Crippen molar-refractivity contribution in [1.29, 1.82) is 0 Å². The highest BCUT2D eigenvalue weighted by molar-refractivity contribution is 6.31. The standard InChI is InChI=1S/C13H10ClN5O2/c14-7-1-2-9-10(3-7)19-8(5-16-17-19)4-11-12(13(20)21)15-6-18(9)11/h1-3,5-6,16-17H,4H2,(H,20,21). The number of anilines is 1. The molecule has 2 aromatic rings. The number of nitrogens with one attached hydrogen (secondary N) is 2. The van der Waals surface area contributed by atoms with Crippen LogP contribution in [0.2, 0.25) is 5.02 Å². The van der Waals surface area contributed by atoms with Crippen molar-refractivity contribution in [2.75, 3.05) is 5.01 Å². The third-order valence-electron chi connectivity index (χ3n) is 3.56. The van der Waals surface area contributed by atoms with Crippen molar-refractivity contribution in [1.82, 2.24) is 20.5 Å². The van der Waals surface area contributed by atoms with E-state index >= 15 is 0 Å². The van der Waals surface area contributed by atoms with Gasteiger partial charge in [0.1, 0.15) is 6.33 Å². The van der Waals surface area contributed by atoms with E-state index in [4.69, 9.17) is 11.6 Å². The van der Waals surface area contributed by atoms with Gasteiger partial charge in [0.25, 0.3) is 0 Å². The van der Waals surface area contributed by atoms with Gasteiger partial charge < -0.3 is 10.5 Å². The summed E-state index contributed by atoms with van der Waals surface area (Å²) in [5.41, 5.74) is 9.14. The number of hydrazine groups is 2. The lowest BCUT2D eigenvalue weighted by Crippen LogP contribution is -2.37. The topological polar surface area (TPSA) is 82.4 Å². The van der Waals surface area contributed by atoms with Crippen LogP contribution in [0.25, 0.3) is 5.69 Å². The molecule has 0 unspecified atom stereocenters. The molecule has 3 N–H and O–H groups in total. The highest BCUT2D eigenvalue weighted by atomic mass is 35.5. The van der Waals surface area contributed by atoms with Crippen LogP contribution < -0.4 is 16.0 Å². The van der Waals surface area contributed by atoms with Crippen LogP contribution in [0.3, 0.4) is 0 Å². The van der Waals surface area contributed by atoms with E-state index in [0.717, 1.165) is 17.1 Å². The maximum atomic E-state index is 11.3. The van der Waals surface area contributed by atoms with Crippen LogP contribution in [0, 0.1) is 0 Å². The molecule has 0 aliphatic carbocycles. The fourth-order valence-corrected chi connectivity index (χ4v) is 2.81. The molecule has 0 fully saturated rings. The molecule has 3 heterocycles. The minimum atomic E-state index is -1.03. The van der Waals surface area contributed by atoms with Gasteiger partial charge in [-0.25, -0.2) is 9.78 Å². The number of imidazole rings is 1. The second kappa shape index (κ2) is 4.24. The fourth-order valence-electron chi connectivity index (χ4n) is 2.64. The van der Waals surface area contributed by atoms with Crippen LogP contribution >= 0.6 is 11.6 Å². The zero-order valence-electron chi connectivity index (χ0n) is 10.7. The Bertz CT molecular complexity index is 798. The minimum absolute atomic E-state index is 0.0607. The third kappa shape index (κ3) is 1.71. The first-order chi connectivity index (χ1) is 10.1. The number of allylic oxidation sites excluding steroid dienone is 1. The molecule has 4 rings (SSSR count). The van der Waals surface area contributed by atoms with E-state index in [9.17, 15) is 9.90 Å². The van der Waals surface area contributed by atoms with Gasteiger partial charge in [0.05, 0.1) is 22.8 Å². The number of nitrogens with zero attached hydrogens (tertiary/aromatic N) is 3. The lowest BCUT2D eigenvalue weighted by molar-refractivity contribution is 0.0690. The van der Waals surface area contributed by atoms with Crippen LogP contribution in [-0.4, -0.2) is 20.6 Å². The Kier molecular flexibility index (Phi) is 2.47. The van der Waals surface area contributed by atoms with Crippen LogP contribution in [0.4, 0.5) is 5.69 Å². The van der Waals surface area contributed by atoms with E-state index < -0.39 is 5.97 Å². The minimum Gasteiger partial charge on any atom is -0.476 e. The summed E-state index contributed by atoms with van der Waals surface area (Å²) in [4.78, 5) is 15.4. The Hall–Kier alpha value is -2.51.